The van der Waals surface area contributed by atoms with Crippen LogP contribution in [-0.4, -0.2) is 8.96 Å². The van der Waals surface area contributed by atoms with Gasteiger partial charge in [-0.25, -0.2) is 8.78 Å². The van der Waals surface area contributed by atoms with Crippen molar-refractivity contribution in [3.63, 3.8) is 0 Å². The number of allylic oxidation sites excluding steroid dienone is 1. The summed E-state index contributed by atoms with van der Waals surface area (Å²) in [5, 5.41) is 1.47. The maximum absolute atomic E-state index is 13.5. The fourth-order valence-electron chi connectivity index (χ4n) is 1.21. The lowest BCUT2D eigenvalue weighted by atomic mass is 10.1. The summed E-state index contributed by atoms with van der Waals surface area (Å²) < 4.78 is 38.0. The number of rotatable bonds is 2. The second kappa shape index (κ2) is 5.08. The van der Waals surface area contributed by atoms with E-state index in [1.54, 1.807) is 6.92 Å². The molecule has 0 heterocycles. The van der Waals surface area contributed by atoms with Crippen molar-refractivity contribution in [1.29, 1.82) is 0 Å². The van der Waals surface area contributed by atoms with E-state index in [0.29, 0.717) is 5.57 Å². The lowest BCUT2D eigenvalue weighted by Gasteiger charge is -2.15. The Morgan fingerprint density at radius 2 is 1.88 bits per heavy atom. The van der Waals surface area contributed by atoms with Crippen molar-refractivity contribution in [2.45, 2.75) is 32.4 Å². The van der Waals surface area contributed by atoms with Gasteiger partial charge in [0.1, 0.15) is 0 Å². The maximum atomic E-state index is 13.5. The highest BCUT2D eigenvalue weighted by molar-refractivity contribution is 7.89. The molecule has 0 fully saturated rings. The van der Waals surface area contributed by atoms with Gasteiger partial charge in [-0.1, -0.05) is 12.1 Å². The summed E-state index contributed by atoms with van der Waals surface area (Å²) in [4.78, 5) is 0. The smallest absolute Gasteiger partial charge is 0.166 e. The van der Waals surface area contributed by atoms with Crippen LogP contribution in [0, 0.1) is 11.6 Å². The molecule has 4 heteroatoms. The minimum absolute atomic E-state index is 0.155. The van der Waals surface area contributed by atoms with Crippen molar-refractivity contribution in [2.24, 2.45) is 0 Å². The molecule has 0 aliphatic carbocycles. The molecule has 0 amide bonds. The first kappa shape index (κ1) is 14.0. The third-order valence-electron chi connectivity index (χ3n) is 2.26. The fourth-order valence-corrected chi connectivity index (χ4v) is 2.01. The Bertz CT molecular complexity index is 473. The Labute approximate surface area is 103 Å². The van der Waals surface area contributed by atoms with Gasteiger partial charge in [0.15, 0.2) is 11.6 Å². The summed E-state index contributed by atoms with van der Waals surface area (Å²) in [7, 11) is -1.23. The minimum atomic E-state index is -1.23. The van der Waals surface area contributed by atoms with E-state index in [0.717, 1.165) is 6.07 Å². The van der Waals surface area contributed by atoms with Gasteiger partial charge in [-0.05, 0) is 39.3 Å². The summed E-state index contributed by atoms with van der Waals surface area (Å²) >= 11 is 0. The van der Waals surface area contributed by atoms with Crippen LogP contribution in [0.25, 0.3) is 5.57 Å². The van der Waals surface area contributed by atoms with Crippen LogP contribution in [0.2, 0.25) is 0 Å². The highest BCUT2D eigenvalue weighted by Gasteiger charge is 2.18. The molecule has 0 spiro atoms. The van der Waals surface area contributed by atoms with Crippen LogP contribution in [0.5, 0.6) is 0 Å². The molecule has 1 aromatic rings. The van der Waals surface area contributed by atoms with Gasteiger partial charge in [0, 0.05) is 15.7 Å². The molecular formula is C13H16F2OS. The van der Waals surface area contributed by atoms with E-state index in [9.17, 15) is 13.0 Å². The average molecular weight is 258 g/mol. The van der Waals surface area contributed by atoms with E-state index in [2.05, 4.69) is 0 Å². The van der Waals surface area contributed by atoms with E-state index in [-0.39, 0.29) is 5.56 Å². The average Bonchev–Trinajstić information content (AvgIpc) is 2.20. The molecule has 1 nitrogen and oxygen atoms in total. The van der Waals surface area contributed by atoms with Crippen molar-refractivity contribution < 1.29 is 13.0 Å². The summed E-state index contributed by atoms with van der Waals surface area (Å²) in [6, 6.07) is 3.97. The summed E-state index contributed by atoms with van der Waals surface area (Å²) in [6.07, 6.45) is 0. The topological polar surface area (TPSA) is 17.1 Å². The molecule has 0 saturated heterocycles. The molecule has 0 saturated carbocycles. The third-order valence-corrected chi connectivity index (χ3v) is 4.04. The number of hydrogen-bond donors (Lipinski definition) is 0. The summed E-state index contributed by atoms with van der Waals surface area (Å²) in [6.45, 7) is 7.11. The first-order chi connectivity index (χ1) is 7.73. The van der Waals surface area contributed by atoms with E-state index in [4.69, 9.17) is 0 Å². The van der Waals surface area contributed by atoms with E-state index < -0.39 is 27.2 Å². The molecule has 94 valence electrons. The highest BCUT2D eigenvalue weighted by Crippen LogP contribution is 2.23. The maximum Gasteiger partial charge on any atom is 0.166 e. The van der Waals surface area contributed by atoms with Gasteiger partial charge < -0.3 is 0 Å². The van der Waals surface area contributed by atoms with E-state index in [1.165, 1.54) is 17.5 Å². The van der Waals surface area contributed by atoms with Gasteiger partial charge in [0.2, 0.25) is 0 Å². The normalized spacial score (nSPS) is 14.8. The van der Waals surface area contributed by atoms with Crippen LogP contribution in [0.3, 0.4) is 0 Å². The summed E-state index contributed by atoms with van der Waals surface area (Å²) in [5.74, 6) is -1.79. The Morgan fingerprint density at radius 3 is 2.41 bits per heavy atom. The molecule has 1 aromatic carbocycles. The molecule has 1 unspecified atom stereocenters. The minimum Gasteiger partial charge on any atom is -0.254 e. The molecular weight excluding hydrogens is 242 g/mol. The fraction of sp³-hybridized carbons (Fsp3) is 0.385. The van der Waals surface area contributed by atoms with Crippen LogP contribution >= 0.6 is 0 Å². The lowest BCUT2D eigenvalue weighted by molar-refractivity contribution is 0.506. The first-order valence-corrected chi connectivity index (χ1v) is 6.48. The zero-order valence-electron chi connectivity index (χ0n) is 10.4. The van der Waals surface area contributed by atoms with Gasteiger partial charge in [-0.3, -0.25) is 4.21 Å². The Kier molecular flexibility index (Phi) is 4.20. The summed E-state index contributed by atoms with van der Waals surface area (Å²) in [5.41, 5.74) is 0.637. The number of benzene rings is 1. The predicted octanol–water partition coefficient (Wildman–Crippen LogP) is 3.87. The van der Waals surface area contributed by atoms with Gasteiger partial charge in [-0.15, -0.1) is 0 Å². The molecule has 1 rings (SSSR count). The van der Waals surface area contributed by atoms with Crippen molar-refractivity contribution in [3.05, 3.63) is 40.8 Å². The van der Waals surface area contributed by atoms with Crippen molar-refractivity contribution in [2.75, 3.05) is 0 Å². The molecule has 0 radical (unpaired) electrons. The van der Waals surface area contributed by atoms with Crippen LogP contribution in [0.15, 0.2) is 23.6 Å². The predicted molar refractivity (Wildman–Crippen MR) is 67.9 cm³/mol. The van der Waals surface area contributed by atoms with Crippen molar-refractivity contribution >= 4 is 16.4 Å². The second-order valence-corrected chi connectivity index (χ2v) is 6.87. The van der Waals surface area contributed by atoms with Crippen LogP contribution in [-0.2, 0) is 10.8 Å². The second-order valence-electron chi connectivity index (χ2n) is 4.81. The largest absolute Gasteiger partial charge is 0.254 e. The van der Waals surface area contributed by atoms with Crippen molar-refractivity contribution in [3.8, 4) is 0 Å². The van der Waals surface area contributed by atoms with Gasteiger partial charge in [0.25, 0.3) is 0 Å². The first-order valence-electron chi connectivity index (χ1n) is 5.27. The molecule has 0 aromatic heterocycles. The SMILES string of the molecule is C/C(=C/S(=O)C(C)(C)C)c1cccc(F)c1F. The number of halogens is 2. The van der Waals surface area contributed by atoms with Gasteiger partial charge >= 0.3 is 0 Å². The lowest BCUT2D eigenvalue weighted by Crippen LogP contribution is -2.19. The highest BCUT2D eigenvalue weighted by atomic mass is 32.2. The standard InChI is InChI=1S/C13H16F2OS/c1-9(8-17(16)13(2,3)4)10-6-5-7-11(14)12(10)15/h5-8H,1-4H3/b9-8-. The zero-order valence-corrected chi connectivity index (χ0v) is 11.2. The molecule has 17 heavy (non-hydrogen) atoms. The van der Waals surface area contributed by atoms with Crippen LogP contribution in [0.4, 0.5) is 8.78 Å². The quantitative estimate of drug-likeness (QED) is 0.787. The van der Waals surface area contributed by atoms with Crippen molar-refractivity contribution in [1.82, 2.24) is 0 Å². The Hall–Kier alpha value is -1.03. The molecule has 0 aliphatic heterocycles. The molecule has 1 atom stereocenters. The Morgan fingerprint density at radius 1 is 1.29 bits per heavy atom. The van der Waals surface area contributed by atoms with Crippen LogP contribution < -0.4 is 0 Å². The number of hydrogen-bond acceptors (Lipinski definition) is 1. The van der Waals surface area contributed by atoms with E-state index >= 15 is 0 Å². The monoisotopic (exact) mass is 258 g/mol. The Balaban J connectivity index is 3.13. The third kappa shape index (κ3) is 3.46. The molecule has 0 N–H and O–H groups in total. The van der Waals surface area contributed by atoms with Crippen LogP contribution in [0.1, 0.15) is 33.3 Å². The van der Waals surface area contributed by atoms with E-state index in [1.807, 2.05) is 20.8 Å². The van der Waals surface area contributed by atoms with Gasteiger partial charge in [0.05, 0.1) is 10.8 Å². The van der Waals surface area contributed by atoms with Gasteiger partial charge in [-0.2, -0.15) is 0 Å². The molecule has 0 aliphatic rings. The molecule has 0 bridgehead atoms. The zero-order chi connectivity index (χ0) is 13.2.